The Labute approximate surface area is 121 Å². The van der Waals surface area contributed by atoms with Crippen LogP contribution in [0, 0.1) is 0 Å². The average Bonchev–Trinajstić information content (AvgIpc) is 2.48. The number of para-hydroxylation sites is 1. The molecule has 1 aliphatic heterocycles. The van der Waals surface area contributed by atoms with Gasteiger partial charge in [0, 0.05) is 12.0 Å². The quantitative estimate of drug-likeness (QED) is 0.922. The third-order valence-electron chi connectivity index (χ3n) is 3.12. The molecule has 6 heteroatoms. The topological polar surface area (TPSA) is 64.1 Å². The number of hydrogen-bond donors (Lipinski definition) is 1. The van der Waals surface area contributed by atoms with Gasteiger partial charge in [-0.15, -0.1) is 0 Å². The Kier molecular flexibility index (Phi) is 3.52. The first-order valence-electron chi connectivity index (χ1n) is 6.24. The molecule has 1 N–H and O–H groups in total. The van der Waals surface area contributed by atoms with Crippen LogP contribution in [0.2, 0.25) is 5.15 Å². The molecule has 0 bridgehead atoms. The van der Waals surface area contributed by atoms with E-state index in [1.54, 1.807) is 0 Å². The fraction of sp³-hybridized carbons (Fsp3) is 0.214. The van der Waals surface area contributed by atoms with Crippen LogP contribution in [0.1, 0.15) is 28.5 Å². The summed E-state index contributed by atoms with van der Waals surface area (Å²) in [6.45, 7) is 0.578. The lowest BCUT2D eigenvalue weighted by Crippen LogP contribution is -2.32. The number of rotatable bonds is 2. The van der Waals surface area contributed by atoms with Crippen LogP contribution in [0.3, 0.4) is 0 Å². The van der Waals surface area contributed by atoms with Crippen molar-refractivity contribution in [1.82, 2.24) is 15.3 Å². The minimum absolute atomic E-state index is 0.0788. The standard InChI is InChI=1S/C14H12ClN3O2/c15-13-8-16-11(7-17-13)14(19)18-10-5-6-20-12-4-2-1-3-9(10)12/h1-4,7-8,10H,5-6H2,(H,18,19). The van der Waals surface area contributed by atoms with Crippen LogP contribution < -0.4 is 10.1 Å². The van der Waals surface area contributed by atoms with Gasteiger partial charge >= 0.3 is 0 Å². The van der Waals surface area contributed by atoms with E-state index in [4.69, 9.17) is 16.3 Å². The van der Waals surface area contributed by atoms with Gasteiger partial charge in [0.1, 0.15) is 16.6 Å². The predicted octanol–water partition coefficient (Wildman–Crippen LogP) is 2.38. The lowest BCUT2D eigenvalue weighted by atomic mass is 10.0. The van der Waals surface area contributed by atoms with E-state index in [1.165, 1.54) is 12.4 Å². The first-order chi connectivity index (χ1) is 9.74. The van der Waals surface area contributed by atoms with Crippen LogP contribution in [0.5, 0.6) is 5.75 Å². The second-order valence-corrected chi connectivity index (χ2v) is 4.81. The highest BCUT2D eigenvalue weighted by molar-refractivity contribution is 6.29. The summed E-state index contributed by atoms with van der Waals surface area (Å²) in [5.74, 6) is 0.544. The minimum Gasteiger partial charge on any atom is -0.493 e. The molecular weight excluding hydrogens is 278 g/mol. The molecule has 102 valence electrons. The maximum atomic E-state index is 12.1. The number of carbonyl (C=O) groups excluding carboxylic acids is 1. The number of aromatic nitrogens is 2. The molecule has 1 amide bonds. The Morgan fingerprint density at radius 3 is 2.95 bits per heavy atom. The number of halogens is 1. The van der Waals surface area contributed by atoms with E-state index >= 15 is 0 Å². The van der Waals surface area contributed by atoms with Crippen molar-refractivity contribution in [1.29, 1.82) is 0 Å². The van der Waals surface area contributed by atoms with Gasteiger partial charge in [-0.05, 0) is 6.07 Å². The van der Waals surface area contributed by atoms with Gasteiger partial charge in [0.2, 0.25) is 0 Å². The number of carbonyl (C=O) groups is 1. The van der Waals surface area contributed by atoms with Gasteiger partial charge in [0.05, 0.1) is 25.0 Å². The molecule has 1 aliphatic rings. The highest BCUT2D eigenvalue weighted by Crippen LogP contribution is 2.31. The summed E-state index contributed by atoms with van der Waals surface area (Å²) >= 11 is 5.65. The largest absolute Gasteiger partial charge is 0.493 e. The minimum atomic E-state index is -0.268. The van der Waals surface area contributed by atoms with Crippen LogP contribution in [-0.2, 0) is 0 Å². The number of hydrogen-bond acceptors (Lipinski definition) is 4. The van der Waals surface area contributed by atoms with E-state index in [0.29, 0.717) is 6.61 Å². The van der Waals surface area contributed by atoms with Crippen molar-refractivity contribution in [3.05, 3.63) is 53.1 Å². The Hall–Kier alpha value is -2.14. The number of nitrogens with one attached hydrogen (secondary N) is 1. The first-order valence-corrected chi connectivity index (χ1v) is 6.62. The predicted molar refractivity (Wildman–Crippen MR) is 73.8 cm³/mol. The molecule has 0 saturated heterocycles. The highest BCUT2D eigenvalue weighted by Gasteiger charge is 2.23. The molecule has 1 aromatic heterocycles. The number of ether oxygens (including phenoxy) is 1. The van der Waals surface area contributed by atoms with E-state index in [-0.39, 0.29) is 22.8 Å². The molecule has 20 heavy (non-hydrogen) atoms. The number of benzene rings is 1. The highest BCUT2D eigenvalue weighted by atomic mass is 35.5. The van der Waals surface area contributed by atoms with Gasteiger partial charge in [0.25, 0.3) is 5.91 Å². The first kappa shape index (κ1) is 12.9. The zero-order chi connectivity index (χ0) is 13.9. The molecule has 1 unspecified atom stereocenters. The Balaban J connectivity index is 1.79. The van der Waals surface area contributed by atoms with Gasteiger partial charge < -0.3 is 10.1 Å². The molecule has 1 aromatic carbocycles. The van der Waals surface area contributed by atoms with E-state index in [0.717, 1.165) is 17.7 Å². The SMILES string of the molecule is O=C(NC1CCOc2ccccc21)c1cnc(Cl)cn1. The van der Waals surface area contributed by atoms with Crippen molar-refractivity contribution >= 4 is 17.5 Å². The summed E-state index contributed by atoms with van der Waals surface area (Å²) < 4.78 is 5.56. The summed E-state index contributed by atoms with van der Waals surface area (Å²) in [5, 5.41) is 3.21. The third kappa shape index (κ3) is 2.58. The molecule has 5 nitrogen and oxygen atoms in total. The second-order valence-electron chi connectivity index (χ2n) is 4.43. The normalized spacial score (nSPS) is 16.9. The summed E-state index contributed by atoms with van der Waals surface area (Å²) in [6.07, 6.45) is 3.45. The van der Waals surface area contributed by atoms with Crippen LogP contribution in [0.4, 0.5) is 0 Å². The Morgan fingerprint density at radius 2 is 2.15 bits per heavy atom. The van der Waals surface area contributed by atoms with E-state index < -0.39 is 0 Å². The molecule has 0 radical (unpaired) electrons. The van der Waals surface area contributed by atoms with Crippen molar-refractivity contribution in [3.8, 4) is 5.75 Å². The number of amides is 1. The molecule has 0 aliphatic carbocycles. The van der Waals surface area contributed by atoms with Crippen molar-refractivity contribution < 1.29 is 9.53 Å². The molecule has 0 spiro atoms. The molecule has 0 fully saturated rings. The second kappa shape index (κ2) is 5.46. The lowest BCUT2D eigenvalue weighted by molar-refractivity contribution is 0.0919. The van der Waals surface area contributed by atoms with Crippen LogP contribution >= 0.6 is 11.6 Å². The Morgan fingerprint density at radius 1 is 1.30 bits per heavy atom. The van der Waals surface area contributed by atoms with Crippen molar-refractivity contribution in [2.24, 2.45) is 0 Å². The monoisotopic (exact) mass is 289 g/mol. The van der Waals surface area contributed by atoms with Crippen LogP contribution in [0.25, 0.3) is 0 Å². The van der Waals surface area contributed by atoms with Crippen molar-refractivity contribution in [2.75, 3.05) is 6.61 Å². The Bertz CT molecular complexity index is 631. The van der Waals surface area contributed by atoms with Crippen molar-refractivity contribution in [3.63, 3.8) is 0 Å². The van der Waals surface area contributed by atoms with E-state index in [9.17, 15) is 4.79 Å². The summed E-state index contributed by atoms with van der Waals surface area (Å²) in [6, 6.07) is 7.61. The van der Waals surface area contributed by atoms with Gasteiger partial charge in [0.15, 0.2) is 0 Å². The van der Waals surface area contributed by atoms with Crippen LogP contribution in [0.15, 0.2) is 36.7 Å². The maximum absolute atomic E-state index is 12.1. The molecule has 1 atom stereocenters. The van der Waals surface area contributed by atoms with Gasteiger partial charge in [-0.25, -0.2) is 9.97 Å². The molecule has 3 rings (SSSR count). The van der Waals surface area contributed by atoms with Gasteiger partial charge in [-0.3, -0.25) is 4.79 Å². The zero-order valence-electron chi connectivity index (χ0n) is 10.5. The number of nitrogens with zero attached hydrogens (tertiary/aromatic N) is 2. The molecule has 0 saturated carbocycles. The van der Waals surface area contributed by atoms with E-state index in [1.807, 2.05) is 24.3 Å². The summed E-state index contributed by atoms with van der Waals surface area (Å²) in [7, 11) is 0. The molecular formula is C14H12ClN3O2. The molecule has 2 heterocycles. The zero-order valence-corrected chi connectivity index (χ0v) is 11.3. The molecule has 2 aromatic rings. The smallest absolute Gasteiger partial charge is 0.271 e. The summed E-state index contributed by atoms with van der Waals surface area (Å²) in [4.78, 5) is 20.0. The maximum Gasteiger partial charge on any atom is 0.271 e. The summed E-state index contributed by atoms with van der Waals surface area (Å²) in [5.41, 5.74) is 1.23. The third-order valence-corrected chi connectivity index (χ3v) is 3.31. The van der Waals surface area contributed by atoms with Gasteiger partial charge in [-0.1, -0.05) is 29.8 Å². The van der Waals surface area contributed by atoms with E-state index in [2.05, 4.69) is 15.3 Å². The van der Waals surface area contributed by atoms with Crippen LogP contribution in [-0.4, -0.2) is 22.5 Å². The fourth-order valence-corrected chi connectivity index (χ4v) is 2.25. The lowest BCUT2D eigenvalue weighted by Gasteiger charge is -2.26. The number of fused-ring (bicyclic) bond motifs is 1. The van der Waals surface area contributed by atoms with Crippen molar-refractivity contribution in [2.45, 2.75) is 12.5 Å². The average molecular weight is 290 g/mol. The van der Waals surface area contributed by atoms with Gasteiger partial charge in [-0.2, -0.15) is 0 Å². The fourth-order valence-electron chi connectivity index (χ4n) is 2.15.